The highest BCUT2D eigenvalue weighted by molar-refractivity contribution is 7.94. The quantitative estimate of drug-likeness (QED) is 0.484. The number of rotatable bonds is 7. The van der Waals surface area contributed by atoms with E-state index in [-0.39, 0.29) is 28.5 Å². The summed E-state index contributed by atoms with van der Waals surface area (Å²) in [4.78, 5) is 18.8. The van der Waals surface area contributed by atoms with Crippen LogP contribution in [0.1, 0.15) is 11.1 Å². The molecule has 1 aromatic heterocycles. The van der Waals surface area contributed by atoms with Crippen LogP contribution in [0, 0.1) is 4.77 Å². The fraction of sp³-hybridized carbons (Fsp3) is 0.316. The van der Waals surface area contributed by atoms with Crippen LogP contribution in [0.4, 0.5) is 0 Å². The summed E-state index contributed by atoms with van der Waals surface area (Å²) in [6, 6.07) is 4.86. The standard InChI is InChI=1S/C19H21N3O6S2/c1-27-15-4-3-12(9-16(15)28-2)5-7-22-18(24)14(17(23)21-19(22)29)10-20-13-6-8-30(25,26)11-13/h3-4,6,8-10,13,24H,5,7,11H2,1-2H3,(H,21,23,29). The Kier molecular flexibility index (Phi) is 6.42. The number of methoxy groups -OCH3 is 2. The van der Waals surface area contributed by atoms with E-state index in [0.29, 0.717) is 17.9 Å². The fourth-order valence-corrected chi connectivity index (χ4v) is 4.47. The number of aromatic nitrogens is 2. The second kappa shape index (κ2) is 8.84. The Labute approximate surface area is 178 Å². The van der Waals surface area contributed by atoms with Crippen LogP contribution in [0.15, 0.2) is 39.5 Å². The molecule has 160 valence electrons. The first-order chi connectivity index (χ1) is 14.2. The molecule has 2 aromatic rings. The number of ether oxygens (including phenoxy) is 2. The van der Waals surface area contributed by atoms with Crippen molar-refractivity contribution in [3.05, 3.63) is 55.9 Å². The van der Waals surface area contributed by atoms with Crippen LogP contribution in [-0.4, -0.2) is 55.3 Å². The van der Waals surface area contributed by atoms with Crippen molar-refractivity contribution in [1.29, 1.82) is 0 Å². The molecule has 0 saturated carbocycles. The number of nitrogens with zero attached hydrogens (tertiary/aromatic N) is 2. The topological polar surface area (TPSA) is 123 Å². The number of nitrogens with one attached hydrogen (secondary N) is 1. The number of sulfone groups is 1. The summed E-state index contributed by atoms with van der Waals surface area (Å²) >= 11 is 5.18. The molecule has 1 unspecified atom stereocenters. The maximum absolute atomic E-state index is 12.2. The average Bonchev–Trinajstić information content (AvgIpc) is 3.05. The van der Waals surface area contributed by atoms with Gasteiger partial charge < -0.3 is 14.6 Å². The van der Waals surface area contributed by atoms with Crippen molar-refractivity contribution in [3.8, 4) is 17.4 Å². The minimum atomic E-state index is -3.27. The third-order valence-electron chi connectivity index (χ3n) is 4.59. The molecule has 0 amide bonds. The van der Waals surface area contributed by atoms with Crippen LogP contribution < -0.4 is 15.0 Å². The van der Waals surface area contributed by atoms with Gasteiger partial charge in [-0.2, -0.15) is 0 Å². The number of aromatic hydroxyl groups is 1. The molecule has 0 fully saturated rings. The lowest BCUT2D eigenvalue weighted by atomic mass is 10.1. The van der Waals surface area contributed by atoms with Crippen molar-refractivity contribution < 1.29 is 23.0 Å². The minimum Gasteiger partial charge on any atom is -0.494 e. The second-order valence-corrected chi connectivity index (χ2v) is 8.91. The summed E-state index contributed by atoms with van der Waals surface area (Å²) in [5.74, 6) is 0.682. The van der Waals surface area contributed by atoms with Crippen LogP contribution in [0.3, 0.4) is 0 Å². The van der Waals surface area contributed by atoms with Crippen LogP contribution in [0.25, 0.3) is 0 Å². The van der Waals surface area contributed by atoms with Gasteiger partial charge in [-0.1, -0.05) is 6.07 Å². The number of benzene rings is 1. The van der Waals surface area contributed by atoms with Crippen LogP contribution >= 0.6 is 12.2 Å². The highest BCUT2D eigenvalue weighted by Crippen LogP contribution is 2.28. The molecule has 2 heterocycles. The van der Waals surface area contributed by atoms with Gasteiger partial charge in [-0.25, -0.2) is 8.42 Å². The van der Waals surface area contributed by atoms with Crippen molar-refractivity contribution in [3.63, 3.8) is 0 Å². The zero-order chi connectivity index (χ0) is 21.9. The van der Waals surface area contributed by atoms with Crippen molar-refractivity contribution in [2.75, 3.05) is 20.0 Å². The molecule has 0 saturated heterocycles. The molecular formula is C19H21N3O6S2. The van der Waals surface area contributed by atoms with Crippen molar-refractivity contribution in [2.24, 2.45) is 4.99 Å². The number of aliphatic imine (C=N–C) groups is 1. The molecule has 9 nitrogen and oxygen atoms in total. The van der Waals surface area contributed by atoms with Gasteiger partial charge in [0.05, 0.1) is 26.0 Å². The Hall–Kier alpha value is -2.92. The van der Waals surface area contributed by atoms with Gasteiger partial charge in [-0.05, 0) is 42.4 Å². The van der Waals surface area contributed by atoms with Crippen LogP contribution in [-0.2, 0) is 22.8 Å². The predicted octanol–water partition coefficient (Wildman–Crippen LogP) is 1.60. The Morgan fingerprint density at radius 1 is 1.33 bits per heavy atom. The second-order valence-electron chi connectivity index (χ2n) is 6.59. The Balaban J connectivity index is 1.84. The SMILES string of the molecule is COc1ccc(CCn2c(O)c(C=NC3C=CS(=O)(=O)C3)c(=O)[nH]c2=S)cc1OC. The third kappa shape index (κ3) is 4.79. The molecule has 1 atom stereocenters. The molecule has 30 heavy (non-hydrogen) atoms. The fourth-order valence-electron chi connectivity index (χ4n) is 3.00. The number of aromatic amines is 1. The molecule has 1 aromatic carbocycles. The van der Waals surface area contributed by atoms with Crippen LogP contribution in [0.5, 0.6) is 17.4 Å². The van der Waals surface area contributed by atoms with Crippen molar-refractivity contribution in [1.82, 2.24) is 9.55 Å². The van der Waals surface area contributed by atoms with Crippen LogP contribution in [0.2, 0.25) is 0 Å². The molecule has 0 radical (unpaired) electrons. The van der Waals surface area contributed by atoms with Gasteiger partial charge in [-0.15, -0.1) is 0 Å². The maximum Gasteiger partial charge on any atom is 0.264 e. The summed E-state index contributed by atoms with van der Waals surface area (Å²) in [6.07, 6.45) is 3.10. The Morgan fingerprint density at radius 2 is 2.07 bits per heavy atom. The van der Waals surface area contributed by atoms with Gasteiger partial charge in [0.1, 0.15) is 5.56 Å². The first-order valence-corrected chi connectivity index (χ1v) is 11.1. The molecule has 0 aliphatic carbocycles. The molecule has 11 heteroatoms. The van der Waals surface area contributed by atoms with E-state index in [1.807, 2.05) is 12.1 Å². The van der Waals surface area contributed by atoms with E-state index in [2.05, 4.69) is 9.98 Å². The van der Waals surface area contributed by atoms with Gasteiger partial charge in [0, 0.05) is 18.2 Å². The number of hydrogen-bond donors (Lipinski definition) is 2. The van der Waals surface area contributed by atoms with E-state index in [1.54, 1.807) is 20.3 Å². The highest BCUT2D eigenvalue weighted by atomic mass is 32.2. The number of aryl methyl sites for hydroxylation is 1. The predicted molar refractivity (Wildman–Crippen MR) is 115 cm³/mol. The van der Waals surface area contributed by atoms with Gasteiger partial charge in [-0.3, -0.25) is 19.3 Å². The first kappa shape index (κ1) is 21.8. The molecule has 1 aliphatic rings. The van der Waals surface area contributed by atoms with Crippen molar-refractivity contribution >= 4 is 28.3 Å². The summed E-state index contributed by atoms with van der Waals surface area (Å²) in [6.45, 7) is 0.287. The summed E-state index contributed by atoms with van der Waals surface area (Å²) in [5, 5.41) is 11.7. The molecular weight excluding hydrogens is 430 g/mol. The summed E-state index contributed by atoms with van der Waals surface area (Å²) in [7, 11) is -0.175. The number of hydrogen-bond acceptors (Lipinski definition) is 8. The highest BCUT2D eigenvalue weighted by Gasteiger charge is 2.21. The van der Waals surface area contributed by atoms with Gasteiger partial charge in [0.15, 0.2) is 26.1 Å². The average molecular weight is 452 g/mol. The molecule has 3 rings (SSSR count). The summed E-state index contributed by atoms with van der Waals surface area (Å²) in [5.41, 5.74) is 0.221. The molecule has 2 N–H and O–H groups in total. The smallest absolute Gasteiger partial charge is 0.264 e. The molecule has 0 spiro atoms. The van der Waals surface area contributed by atoms with E-state index < -0.39 is 21.4 Å². The molecule has 1 aliphatic heterocycles. The maximum atomic E-state index is 12.2. The molecule has 0 bridgehead atoms. The lowest BCUT2D eigenvalue weighted by Gasteiger charge is -2.13. The number of H-pyrrole nitrogens is 1. The third-order valence-corrected chi connectivity index (χ3v) is 6.29. The zero-order valence-corrected chi connectivity index (χ0v) is 18.0. The lowest BCUT2D eigenvalue weighted by Crippen LogP contribution is -2.20. The Bertz CT molecular complexity index is 1230. The van der Waals surface area contributed by atoms with E-state index in [4.69, 9.17) is 21.7 Å². The van der Waals surface area contributed by atoms with E-state index in [9.17, 15) is 18.3 Å². The van der Waals surface area contributed by atoms with Crippen molar-refractivity contribution in [2.45, 2.75) is 19.0 Å². The summed E-state index contributed by atoms with van der Waals surface area (Å²) < 4.78 is 34.9. The minimum absolute atomic E-state index is 0.0680. The van der Waals surface area contributed by atoms with E-state index >= 15 is 0 Å². The monoisotopic (exact) mass is 451 g/mol. The zero-order valence-electron chi connectivity index (χ0n) is 16.4. The largest absolute Gasteiger partial charge is 0.494 e. The normalized spacial score (nSPS) is 17.5. The van der Waals surface area contributed by atoms with E-state index in [1.165, 1.54) is 16.9 Å². The van der Waals surface area contributed by atoms with E-state index in [0.717, 1.165) is 11.0 Å². The lowest BCUT2D eigenvalue weighted by molar-refractivity contribution is 0.354. The van der Waals surface area contributed by atoms with Gasteiger partial charge in [0.2, 0.25) is 5.88 Å². The van der Waals surface area contributed by atoms with Gasteiger partial charge in [0.25, 0.3) is 5.56 Å². The Morgan fingerprint density at radius 3 is 2.70 bits per heavy atom. The van der Waals surface area contributed by atoms with Gasteiger partial charge >= 0.3 is 0 Å². The first-order valence-electron chi connectivity index (χ1n) is 8.95.